The van der Waals surface area contributed by atoms with Crippen molar-refractivity contribution in [3.8, 4) is 16.9 Å². The number of nitrogens with one attached hydrogen (secondary N) is 2. The number of sulfonamides is 2. The van der Waals surface area contributed by atoms with Gasteiger partial charge >= 0.3 is 5.97 Å². The van der Waals surface area contributed by atoms with Crippen LogP contribution in [0, 0.1) is 0 Å². The zero-order valence-electron chi connectivity index (χ0n) is 27.8. The summed E-state index contributed by atoms with van der Waals surface area (Å²) in [5.41, 5.74) is 1.48. The summed E-state index contributed by atoms with van der Waals surface area (Å²) < 4.78 is 67.0. The Labute approximate surface area is 292 Å². The van der Waals surface area contributed by atoms with Crippen molar-refractivity contribution in [3.63, 3.8) is 0 Å². The number of hydrogen-bond donors (Lipinski definition) is 4. The minimum absolute atomic E-state index is 0.0324. The summed E-state index contributed by atoms with van der Waals surface area (Å²) >= 11 is 0. The van der Waals surface area contributed by atoms with E-state index in [1.165, 1.54) is 35.4 Å². The lowest BCUT2D eigenvalue weighted by Crippen LogP contribution is -2.47. The molecule has 0 aliphatic carbocycles. The highest BCUT2D eigenvalue weighted by molar-refractivity contribution is 7.89. The van der Waals surface area contributed by atoms with Gasteiger partial charge in [-0.25, -0.2) is 21.6 Å². The zero-order chi connectivity index (χ0) is 36.1. The number of ether oxygens (including phenoxy) is 2. The fourth-order valence-electron chi connectivity index (χ4n) is 6.12. The Bertz CT molecular complexity index is 1900. The minimum atomic E-state index is -3.79. The van der Waals surface area contributed by atoms with Gasteiger partial charge in [-0.15, -0.1) is 0 Å². The van der Waals surface area contributed by atoms with Gasteiger partial charge in [0.05, 0.1) is 22.0 Å². The average molecular weight is 731 g/mol. The number of piperidine rings is 1. The predicted octanol–water partition coefficient (Wildman–Crippen LogP) is 2.04. The number of benzene rings is 3. The Morgan fingerprint density at radius 2 is 1.68 bits per heavy atom. The molecule has 2 saturated heterocycles. The Kier molecular flexibility index (Phi) is 11.6. The zero-order valence-corrected chi connectivity index (χ0v) is 29.5. The van der Waals surface area contributed by atoms with Crippen LogP contribution in [0.15, 0.2) is 82.6 Å². The van der Waals surface area contributed by atoms with Gasteiger partial charge in [0.2, 0.25) is 26.0 Å². The van der Waals surface area contributed by atoms with Crippen molar-refractivity contribution < 1.29 is 46.1 Å². The van der Waals surface area contributed by atoms with Crippen LogP contribution in [-0.2, 0) is 34.4 Å². The molecule has 2 atom stereocenters. The first-order valence-electron chi connectivity index (χ1n) is 16.1. The lowest BCUT2D eigenvalue weighted by atomic mass is 9.88. The number of nitrogens with zero attached hydrogens (tertiary/aromatic N) is 2. The van der Waals surface area contributed by atoms with E-state index < -0.39 is 50.0 Å². The van der Waals surface area contributed by atoms with Crippen molar-refractivity contribution in [3.05, 3.63) is 72.8 Å². The van der Waals surface area contributed by atoms with Crippen molar-refractivity contribution in [2.24, 2.45) is 0 Å². The number of rotatable bonds is 14. The number of carboxylic acids is 1. The van der Waals surface area contributed by atoms with Crippen LogP contribution in [0.3, 0.4) is 0 Å². The lowest BCUT2D eigenvalue weighted by molar-refractivity contribution is -0.140. The molecule has 50 heavy (non-hydrogen) atoms. The predicted molar refractivity (Wildman–Crippen MR) is 185 cm³/mol. The number of aliphatic hydroxyl groups excluding tert-OH is 1. The molecule has 0 saturated carbocycles. The van der Waals surface area contributed by atoms with Gasteiger partial charge in [-0.05, 0) is 73.8 Å². The van der Waals surface area contributed by atoms with Gasteiger partial charge in [0.25, 0.3) is 0 Å². The monoisotopic (exact) mass is 730 g/mol. The average Bonchev–Trinajstić information content (AvgIpc) is 3.51. The fourth-order valence-corrected chi connectivity index (χ4v) is 8.37. The molecule has 3 aromatic rings. The van der Waals surface area contributed by atoms with Crippen molar-refractivity contribution in [2.45, 2.75) is 53.2 Å². The highest BCUT2D eigenvalue weighted by Gasteiger charge is 2.44. The largest absolute Gasteiger partial charge is 0.491 e. The van der Waals surface area contributed by atoms with Crippen LogP contribution in [0.2, 0.25) is 0 Å². The molecule has 2 aliphatic heterocycles. The van der Waals surface area contributed by atoms with Crippen LogP contribution in [0.25, 0.3) is 11.1 Å². The van der Waals surface area contributed by atoms with E-state index in [0.29, 0.717) is 56.0 Å². The first kappa shape index (κ1) is 37.4. The van der Waals surface area contributed by atoms with E-state index in [1.54, 1.807) is 60.7 Å². The Morgan fingerprint density at radius 3 is 2.36 bits per heavy atom. The number of carboxylic acid groups (broad SMARTS) is 1. The summed E-state index contributed by atoms with van der Waals surface area (Å²) in [6.07, 6.45) is 0.244. The maximum atomic E-state index is 13.7. The van der Waals surface area contributed by atoms with Crippen LogP contribution < -0.4 is 19.7 Å². The maximum Gasteiger partial charge on any atom is 0.312 e. The van der Waals surface area contributed by atoms with E-state index in [2.05, 4.69) is 10.0 Å². The Hall–Kier alpha value is -3.90. The molecule has 5 rings (SSSR count). The summed E-state index contributed by atoms with van der Waals surface area (Å²) in [5, 5.41) is 22.7. The van der Waals surface area contributed by atoms with Gasteiger partial charge in [0, 0.05) is 44.5 Å². The SMILES string of the molecule is CNS(=O)(=O)c1cccc(OC[C@@H](O)CNC2COC3(CCN(S(=O)(=O)c4cccc(-c5ccc(N(C)C(=O)CC(=O)O)cc5)c4)CC3)C2)c1. The summed E-state index contributed by atoms with van der Waals surface area (Å²) in [6.45, 7) is 1.21. The third kappa shape index (κ3) is 8.87. The van der Waals surface area contributed by atoms with Gasteiger partial charge in [0.1, 0.15) is 24.9 Å². The van der Waals surface area contributed by atoms with Crippen molar-refractivity contribution >= 4 is 37.6 Å². The summed E-state index contributed by atoms with van der Waals surface area (Å²) in [5.74, 6) is -1.44. The Morgan fingerprint density at radius 1 is 1.00 bits per heavy atom. The molecule has 1 spiro atoms. The van der Waals surface area contributed by atoms with Gasteiger partial charge in [-0.1, -0.05) is 30.3 Å². The van der Waals surface area contributed by atoms with Crippen molar-refractivity contribution in [1.82, 2.24) is 14.3 Å². The number of amides is 1. The molecule has 2 aliphatic rings. The number of hydrogen-bond acceptors (Lipinski definition) is 10. The van der Waals surface area contributed by atoms with Crippen molar-refractivity contribution in [1.29, 1.82) is 0 Å². The highest BCUT2D eigenvalue weighted by Crippen LogP contribution is 2.38. The standard InChI is InChI=1S/C34H42N4O10S2/c1-35-49(43,44)30-7-4-6-29(18-30)47-23-28(39)21-36-26-20-34(48-22-26)13-15-38(16-14-34)50(45,46)31-8-3-5-25(17-31)24-9-11-27(12-10-24)37(2)32(40)19-33(41)42/h3-12,17-18,26,28,35-36,39H,13-16,19-23H2,1-2H3,(H,41,42)/t26?,28-/m0/s1. The molecular formula is C34H42N4O10S2. The molecule has 0 bridgehead atoms. The van der Waals surface area contributed by atoms with Gasteiger partial charge < -0.3 is 29.9 Å². The molecule has 1 unspecified atom stereocenters. The molecule has 0 aromatic heterocycles. The van der Waals surface area contributed by atoms with Crippen LogP contribution in [0.1, 0.15) is 25.7 Å². The first-order chi connectivity index (χ1) is 23.7. The molecular weight excluding hydrogens is 689 g/mol. The van der Waals surface area contributed by atoms with E-state index in [4.69, 9.17) is 14.6 Å². The van der Waals surface area contributed by atoms with Crippen molar-refractivity contribution in [2.75, 3.05) is 51.8 Å². The van der Waals surface area contributed by atoms with Gasteiger partial charge in [-0.3, -0.25) is 9.59 Å². The maximum absolute atomic E-state index is 13.7. The van der Waals surface area contributed by atoms with Crippen LogP contribution in [-0.4, -0.2) is 108 Å². The number of carbonyl (C=O) groups excluding carboxylic acids is 1. The van der Waals surface area contributed by atoms with Crippen LogP contribution in [0.4, 0.5) is 5.69 Å². The third-order valence-corrected chi connectivity index (χ3v) is 12.4. The highest BCUT2D eigenvalue weighted by atomic mass is 32.2. The van der Waals surface area contributed by atoms with Gasteiger partial charge in [0.15, 0.2) is 0 Å². The molecule has 3 aromatic carbocycles. The van der Waals surface area contributed by atoms with Gasteiger partial charge in [-0.2, -0.15) is 4.31 Å². The molecule has 0 radical (unpaired) electrons. The molecule has 4 N–H and O–H groups in total. The van der Waals surface area contributed by atoms with E-state index in [0.717, 1.165) is 5.56 Å². The number of aliphatic hydroxyl groups is 1. The van der Waals surface area contributed by atoms with E-state index in [1.807, 2.05) is 0 Å². The lowest BCUT2D eigenvalue weighted by Gasteiger charge is -2.38. The number of aliphatic carboxylic acids is 1. The molecule has 14 nitrogen and oxygen atoms in total. The molecule has 1 amide bonds. The second-order valence-electron chi connectivity index (χ2n) is 12.5. The molecule has 270 valence electrons. The topological polar surface area (TPSA) is 192 Å². The molecule has 2 fully saturated rings. The van der Waals surface area contributed by atoms with Crippen LogP contribution >= 0.6 is 0 Å². The first-order valence-corrected chi connectivity index (χ1v) is 19.0. The number of carbonyl (C=O) groups is 2. The smallest absolute Gasteiger partial charge is 0.312 e. The van der Waals surface area contributed by atoms with E-state index in [9.17, 15) is 31.5 Å². The quantitative estimate of drug-likeness (QED) is 0.178. The number of anilines is 1. The Balaban J connectivity index is 1.11. The summed E-state index contributed by atoms with van der Waals surface area (Å²) in [6, 6.07) is 19.5. The third-order valence-electron chi connectivity index (χ3n) is 9.05. The molecule has 2 heterocycles. The van der Waals surface area contributed by atoms with E-state index >= 15 is 0 Å². The summed E-state index contributed by atoms with van der Waals surface area (Å²) in [7, 11) is -4.58. The minimum Gasteiger partial charge on any atom is -0.491 e. The summed E-state index contributed by atoms with van der Waals surface area (Å²) in [4.78, 5) is 24.5. The van der Waals surface area contributed by atoms with E-state index in [-0.39, 0.29) is 29.0 Å². The fraction of sp³-hybridized carbons (Fsp3) is 0.412. The van der Waals surface area contributed by atoms with Crippen LogP contribution in [0.5, 0.6) is 5.75 Å². The molecule has 16 heteroatoms. The second kappa shape index (κ2) is 15.6. The second-order valence-corrected chi connectivity index (χ2v) is 16.3. The normalized spacial score (nSPS) is 18.5.